The molecule has 262 valence electrons. The molecule has 0 bridgehead atoms. The van der Waals surface area contributed by atoms with Crippen LogP contribution >= 0.6 is 0 Å². The van der Waals surface area contributed by atoms with Crippen molar-refractivity contribution in [3.05, 3.63) is 11.6 Å². The number of urea groups is 1. The third kappa shape index (κ3) is 12.7. The SMILES string of the molecule is CCCNC(=O)C(=O)C(CCC)NC(=O)[C@@H]1C[C@@H](C=C(C)C)CN1C(=O)[C@@H](NC(=O)N[C@H](C(=O)OC(C)(C)C)C(C)C)C(C)(C)C. The number of hydrogen-bond donors (Lipinski definition) is 4. The molecule has 0 aromatic carbocycles. The molecule has 12 nitrogen and oxygen atoms in total. The number of esters is 1. The number of allylic oxidation sites excluding steroid dienone is 1. The van der Waals surface area contributed by atoms with Crippen LogP contribution in [0.3, 0.4) is 0 Å². The molecule has 0 aromatic heterocycles. The second kappa shape index (κ2) is 17.5. The van der Waals surface area contributed by atoms with Crippen LogP contribution < -0.4 is 21.3 Å². The molecule has 1 aliphatic heterocycles. The normalized spacial score (nSPS) is 18.6. The molecule has 1 fully saturated rings. The standard InChI is InChI=1S/C34H59N5O7/c1-13-15-23(26(40)29(42)35-16-14-2)36-28(41)24-18-22(17-20(3)4)19-39(24)30(43)27(33(7,8)9)38-32(45)37-25(21(5)6)31(44)46-34(10,11)12/h17,21-25,27H,13-16,18-19H2,1-12H3,(H,35,42)(H,36,41)(H2,37,38,45)/t22-,23?,24+,25+,27-/m1/s1. The van der Waals surface area contributed by atoms with E-state index in [1.54, 1.807) is 55.4 Å². The maximum absolute atomic E-state index is 14.2. The van der Waals surface area contributed by atoms with Crippen LogP contribution in [-0.4, -0.2) is 83.3 Å². The van der Waals surface area contributed by atoms with Gasteiger partial charge in [-0.3, -0.25) is 19.2 Å². The van der Waals surface area contributed by atoms with Gasteiger partial charge in [-0.15, -0.1) is 0 Å². The van der Waals surface area contributed by atoms with Crippen molar-refractivity contribution in [2.45, 2.75) is 139 Å². The molecule has 0 saturated carbocycles. The van der Waals surface area contributed by atoms with Gasteiger partial charge in [0.1, 0.15) is 23.7 Å². The molecule has 0 aliphatic carbocycles. The Hall–Kier alpha value is -3.44. The van der Waals surface area contributed by atoms with Crippen molar-refractivity contribution >= 4 is 35.5 Å². The highest BCUT2D eigenvalue weighted by atomic mass is 16.6. The average Bonchev–Trinajstić information content (AvgIpc) is 3.33. The van der Waals surface area contributed by atoms with E-state index in [2.05, 4.69) is 21.3 Å². The Bertz CT molecular complexity index is 1130. The monoisotopic (exact) mass is 649 g/mol. The van der Waals surface area contributed by atoms with Gasteiger partial charge >= 0.3 is 12.0 Å². The quantitative estimate of drug-likeness (QED) is 0.127. The lowest BCUT2D eigenvalue weighted by molar-refractivity contribution is -0.158. The fraction of sp³-hybridized carbons (Fsp3) is 0.765. The molecule has 4 N–H and O–H groups in total. The maximum Gasteiger partial charge on any atom is 0.329 e. The first-order valence-electron chi connectivity index (χ1n) is 16.5. The van der Waals surface area contributed by atoms with Crippen molar-refractivity contribution in [3.8, 4) is 0 Å². The number of nitrogens with one attached hydrogen (secondary N) is 4. The zero-order valence-electron chi connectivity index (χ0n) is 30.1. The van der Waals surface area contributed by atoms with Gasteiger partial charge in [-0.05, 0) is 71.1 Å². The van der Waals surface area contributed by atoms with Gasteiger partial charge in [-0.1, -0.05) is 66.5 Å². The third-order valence-electron chi connectivity index (χ3n) is 7.46. The lowest BCUT2D eigenvalue weighted by Crippen LogP contribution is -2.61. The van der Waals surface area contributed by atoms with Crippen LogP contribution in [0.25, 0.3) is 0 Å². The van der Waals surface area contributed by atoms with Gasteiger partial charge in [0.25, 0.3) is 5.91 Å². The summed E-state index contributed by atoms with van der Waals surface area (Å²) < 4.78 is 5.49. The molecule has 1 rings (SSSR count). The van der Waals surface area contributed by atoms with Crippen molar-refractivity contribution in [2.75, 3.05) is 13.1 Å². The Morgan fingerprint density at radius 3 is 2.00 bits per heavy atom. The van der Waals surface area contributed by atoms with Crippen molar-refractivity contribution in [1.29, 1.82) is 0 Å². The molecule has 1 saturated heterocycles. The molecule has 5 atom stereocenters. The number of ketones is 1. The largest absolute Gasteiger partial charge is 0.458 e. The first-order chi connectivity index (χ1) is 21.1. The number of ether oxygens (including phenoxy) is 1. The van der Waals surface area contributed by atoms with Crippen LogP contribution in [0.1, 0.15) is 109 Å². The average molecular weight is 650 g/mol. The summed E-state index contributed by atoms with van der Waals surface area (Å²) in [6.07, 6.45) is 3.80. The minimum absolute atomic E-state index is 0.134. The zero-order chi connectivity index (χ0) is 35.6. The third-order valence-corrected chi connectivity index (χ3v) is 7.46. The number of rotatable bonds is 14. The van der Waals surface area contributed by atoms with E-state index in [1.165, 1.54) is 4.90 Å². The molecule has 1 heterocycles. The Morgan fingerprint density at radius 1 is 0.913 bits per heavy atom. The molecular weight excluding hydrogens is 590 g/mol. The van der Waals surface area contributed by atoms with E-state index in [4.69, 9.17) is 4.74 Å². The number of hydrogen-bond acceptors (Lipinski definition) is 7. The molecule has 46 heavy (non-hydrogen) atoms. The summed E-state index contributed by atoms with van der Waals surface area (Å²) in [6, 6.07) is -4.70. The second-order valence-electron chi connectivity index (χ2n) is 14.9. The summed E-state index contributed by atoms with van der Waals surface area (Å²) in [5.41, 5.74) is -0.502. The summed E-state index contributed by atoms with van der Waals surface area (Å²) in [6.45, 7) is 22.3. The van der Waals surface area contributed by atoms with Crippen LogP contribution in [0.2, 0.25) is 0 Å². The van der Waals surface area contributed by atoms with Crippen LogP contribution in [0.5, 0.6) is 0 Å². The molecule has 0 radical (unpaired) electrons. The summed E-state index contributed by atoms with van der Waals surface area (Å²) in [5.74, 6) is -3.49. The maximum atomic E-state index is 14.2. The van der Waals surface area contributed by atoms with Crippen molar-refractivity contribution in [3.63, 3.8) is 0 Å². The number of carbonyl (C=O) groups is 6. The first kappa shape index (κ1) is 40.6. The van der Waals surface area contributed by atoms with Gasteiger partial charge in [0.2, 0.25) is 17.6 Å². The van der Waals surface area contributed by atoms with E-state index < -0.39 is 70.7 Å². The Kier molecular flexibility index (Phi) is 15.4. The van der Waals surface area contributed by atoms with E-state index in [0.717, 1.165) is 5.57 Å². The first-order valence-corrected chi connectivity index (χ1v) is 16.5. The molecule has 5 amide bonds. The van der Waals surface area contributed by atoms with Gasteiger partial charge in [-0.25, -0.2) is 9.59 Å². The molecule has 1 aliphatic rings. The number of Topliss-reactive ketones (excluding diaryl/α,β-unsaturated/α-hetero) is 1. The van der Waals surface area contributed by atoms with Gasteiger partial charge < -0.3 is 30.9 Å². The fourth-order valence-corrected chi connectivity index (χ4v) is 5.25. The minimum atomic E-state index is -1.06. The van der Waals surface area contributed by atoms with Crippen LogP contribution in [0.15, 0.2) is 11.6 Å². The predicted octanol–water partition coefficient (Wildman–Crippen LogP) is 3.63. The van der Waals surface area contributed by atoms with E-state index in [9.17, 15) is 28.8 Å². The number of amides is 5. The lowest BCUT2D eigenvalue weighted by atomic mass is 9.85. The number of carbonyl (C=O) groups excluding carboxylic acids is 6. The van der Waals surface area contributed by atoms with Crippen molar-refractivity contribution in [2.24, 2.45) is 17.3 Å². The van der Waals surface area contributed by atoms with E-state index in [-0.39, 0.29) is 24.8 Å². The topological polar surface area (TPSA) is 163 Å². The lowest BCUT2D eigenvalue weighted by Gasteiger charge is -2.36. The van der Waals surface area contributed by atoms with Gasteiger partial charge in [0.05, 0.1) is 6.04 Å². The van der Waals surface area contributed by atoms with Crippen LogP contribution in [0, 0.1) is 17.3 Å². The number of nitrogens with zero attached hydrogens (tertiary/aromatic N) is 1. The van der Waals surface area contributed by atoms with Gasteiger partial charge in [-0.2, -0.15) is 0 Å². The highest BCUT2D eigenvalue weighted by Crippen LogP contribution is 2.30. The van der Waals surface area contributed by atoms with E-state index >= 15 is 0 Å². The molecule has 1 unspecified atom stereocenters. The van der Waals surface area contributed by atoms with Crippen molar-refractivity contribution in [1.82, 2.24) is 26.2 Å². The molecule has 0 spiro atoms. The Morgan fingerprint density at radius 2 is 1.52 bits per heavy atom. The van der Waals surface area contributed by atoms with Crippen LogP contribution in [0.4, 0.5) is 4.79 Å². The van der Waals surface area contributed by atoms with E-state index in [0.29, 0.717) is 25.8 Å². The van der Waals surface area contributed by atoms with Gasteiger partial charge in [0, 0.05) is 13.1 Å². The minimum Gasteiger partial charge on any atom is -0.458 e. The fourth-order valence-electron chi connectivity index (χ4n) is 5.25. The summed E-state index contributed by atoms with van der Waals surface area (Å²) in [5, 5.41) is 10.8. The zero-order valence-corrected chi connectivity index (χ0v) is 30.1. The predicted molar refractivity (Wildman–Crippen MR) is 178 cm³/mol. The molecule has 12 heteroatoms. The van der Waals surface area contributed by atoms with Crippen molar-refractivity contribution < 1.29 is 33.5 Å². The number of likely N-dealkylation sites (tertiary alicyclic amines) is 1. The van der Waals surface area contributed by atoms with Gasteiger partial charge in [0.15, 0.2) is 0 Å². The summed E-state index contributed by atoms with van der Waals surface area (Å²) in [4.78, 5) is 81.0. The summed E-state index contributed by atoms with van der Waals surface area (Å²) in [7, 11) is 0. The van der Waals surface area contributed by atoms with Crippen LogP contribution in [-0.2, 0) is 28.7 Å². The van der Waals surface area contributed by atoms with E-state index in [1.807, 2.05) is 33.8 Å². The Balaban J connectivity index is 3.33. The highest BCUT2D eigenvalue weighted by Gasteiger charge is 2.45. The molecular formula is C34H59N5O7. The summed E-state index contributed by atoms with van der Waals surface area (Å²) >= 11 is 0. The Labute approximate surface area is 275 Å². The smallest absolute Gasteiger partial charge is 0.329 e. The molecule has 0 aromatic rings. The highest BCUT2D eigenvalue weighted by molar-refractivity contribution is 6.38. The second-order valence-corrected chi connectivity index (χ2v) is 14.9.